The first kappa shape index (κ1) is 11.4. The number of nitrogens with two attached hydrogens (primary N) is 1. The summed E-state index contributed by atoms with van der Waals surface area (Å²) in [6.07, 6.45) is 0.192. The van der Waals surface area contributed by atoms with Gasteiger partial charge in [0.15, 0.2) is 0 Å². The Kier molecular flexibility index (Phi) is 3.43. The lowest BCUT2D eigenvalue weighted by Gasteiger charge is -2.35. The maximum atomic E-state index is 9.48. The fourth-order valence-electron chi connectivity index (χ4n) is 2.16. The van der Waals surface area contributed by atoms with Gasteiger partial charge in [-0.05, 0) is 18.1 Å². The molecule has 4 nitrogen and oxygen atoms in total. The van der Waals surface area contributed by atoms with Crippen molar-refractivity contribution in [2.45, 2.75) is 18.6 Å². The summed E-state index contributed by atoms with van der Waals surface area (Å²) in [6.45, 7) is 1.08. The fraction of sp³-hybridized carbons (Fsp3) is 0.500. The number of rotatable bonds is 3. The van der Waals surface area contributed by atoms with Gasteiger partial charge in [0.1, 0.15) is 0 Å². The predicted octanol–water partition coefficient (Wildman–Crippen LogP) is 0.250. The Bertz CT molecular complexity index is 357. The Morgan fingerprint density at radius 1 is 1.44 bits per heavy atom. The molecule has 0 aliphatic carbocycles. The number of anilines is 1. The van der Waals surface area contributed by atoms with Crippen molar-refractivity contribution < 1.29 is 10.2 Å². The number of benzene rings is 1. The molecule has 2 rings (SSSR count). The molecule has 1 aliphatic heterocycles. The van der Waals surface area contributed by atoms with Crippen molar-refractivity contribution in [2.24, 2.45) is 5.73 Å². The third-order valence-electron chi connectivity index (χ3n) is 3.03. The molecular weight excluding hydrogens is 204 g/mol. The lowest BCUT2D eigenvalue weighted by atomic mass is 9.97. The second-order valence-corrected chi connectivity index (χ2v) is 4.24. The summed E-state index contributed by atoms with van der Waals surface area (Å²) in [6, 6.07) is 8.06. The highest BCUT2D eigenvalue weighted by atomic mass is 16.3. The number of aliphatic hydroxyl groups is 2. The van der Waals surface area contributed by atoms with Crippen LogP contribution in [0.25, 0.3) is 0 Å². The summed E-state index contributed by atoms with van der Waals surface area (Å²) in [4.78, 5) is 2.08. The van der Waals surface area contributed by atoms with Crippen molar-refractivity contribution in [3.05, 3.63) is 29.8 Å². The molecule has 4 N–H and O–H groups in total. The van der Waals surface area contributed by atoms with Crippen LogP contribution in [0.2, 0.25) is 0 Å². The minimum absolute atomic E-state index is 0.0821. The Labute approximate surface area is 95.3 Å². The Hall–Kier alpha value is -1.10. The van der Waals surface area contributed by atoms with Crippen molar-refractivity contribution in [1.82, 2.24) is 0 Å². The normalized spacial score (nSPS) is 21.7. The molecule has 0 saturated heterocycles. The summed E-state index contributed by atoms with van der Waals surface area (Å²) in [5, 5.41) is 18.3. The van der Waals surface area contributed by atoms with E-state index in [4.69, 9.17) is 10.8 Å². The molecule has 0 spiro atoms. The smallest absolute Gasteiger partial charge is 0.0945 e. The molecule has 1 aromatic carbocycles. The number of para-hydroxylation sites is 1. The average Bonchev–Trinajstić information content (AvgIpc) is 2.33. The van der Waals surface area contributed by atoms with Gasteiger partial charge in [0.2, 0.25) is 0 Å². The zero-order chi connectivity index (χ0) is 11.5. The van der Waals surface area contributed by atoms with Gasteiger partial charge < -0.3 is 20.8 Å². The van der Waals surface area contributed by atoms with E-state index in [1.54, 1.807) is 0 Å². The van der Waals surface area contributed by atoms with Gasteiger partial charge in [-0.2, -0.15) is 0 Å². The molecular formula is C12H18N2O2. The van der Waals surface area contributed by atoms with E-state index in [0.717, 1.165) is 24.2 Å². The third-order valence-corrected chi connectivity index (χ3v) is 3.03. The van der Waals surface area contributed by atoms with Crippen LogP contribution in [0.3, 0.4) is 0 Å². The first-order valence-corrected chi connectivity index (χ1v) is 5.60. The van der Waals surface area contributed by atoms with Crippen molar-refractivity contribution in [3.63, 3.8) is 0 Å². The van der Waals surface area contributed by atoms with Crippen LogP contribution in [0.4, 0.5) is 5.69 Å². The summed E-state index contributed by atoms with van der Waals surface area (Å²) < 4.78 is 0. The first-order valence-electron chi connectivity index (χ1n) is 5.60. The Morgan fingerprint density at radius 3 is 2.94 bits per heavy atom. The molecule has 1 aliphatic rings. The molecule has 0 amide bonds. The van der Waals surface area contributed by atoms with E-state index in [-0.39, 0.29) is 12.6 Å². The second kappa shape index (κ2) is 4.82. The molecule has 1 aromatic rings. The number of aliphatic hydroxyl groups excluding tert-OH is 2. The third kappa shape index (κ3) is 2.19. The van der Waals surface area contributed by atoms with Gasteiger partial charge in [0.05, 0.1) is 12.7 Å². The zero-order valence-electron chi connectivity index (χ0n) is 9.21. The molecule has 0 fully saturated rings. The highest BCUT2D eigenvalue weighted by molar-refractivity contribution is 5.56. The van der Waals surface area contributed by atoms with Gasteiger partial charge in [-0.15, -0.1) is 0 Å². The quantitative estimate of drug-likeness (QED) is 0.685. The van der Waals surface area contributed by atoms with E-state index in [1.807, 2.05) is 24.3 Å². The average molecular weight is 222 g/mol. The minimum Gasteiger partial charge on any atom is -0.394 e. The molecule has 0 aromatic heterocycles. The lowest BCUT2D eigenvalue weighted by molar-refractivity contribution is 0.0994. The van der Waals surface area contributed by atoms with Crippen molar-refractivity contribution in [2.75, 3.05) is 24.6 Å². The Balaban J connectivity index is 2.21. The molecule has 1 heterocycles. The minimum atomic E-state index is -0.692. The number of β-amino-alcohol motifs (C(OH)–C–C–N with tert-alkyl or cyclic N) is 1. The maximum absolute atomic E-state index is 9.48. The monoisotopic (exact) mass is 222 g/mol. The van der Waals surface area contributed by atoms with E-state index in [2.05, 4.69) is 4.90 Å². The molecule has 4 heteroatoms. The van der Waals surface area contributed by atoms with E-state index in [1.165, 1.54) is 0 Å². The molecule has 0 bridgehead atoms. The van der Waals surface area contributed by atoms with Crippen LogP contribution in [0.5, 0.6) is 0 Å². The van der Waals surface area contributed by atoms with Gasteiger partial charge in [-0.25, -0.2) is 0 Å². The first-order chi connectivity index (χ1) is 7.72. The number of hydrogen-bond donors (Lipinski definition) is 3. The number of nitrogens with zero attached hydrogens (tertiary/aromatic N) is 1. The zero-order valence-corrected chi connectivity index (χ0v) is 9.21. The largest absolute Gasteiger partial charge is 0.394 e. The summed E-state index contributed by atoms with van der Waals surface area (Å²) in [5.41, 5.74) is 8.23. The van der Waals surface area contributed by atoms with Crippen LogP contribution < -0.4 is 10.6 Å². The van der Waals surface area contributed by atoms with Gasteiger partial charge in [0.25, 0.3) is 0 Å². The SMILES string of the molecule is NC1CCN(CC(O)CO)c2ccccc21. The maximum Gasteiger partial charge on any atom is 0.0945 e. The molecule has 16 heavy (non-hydrogen) atoms. The van der Waals surface area contributed by atoms with E-state index in [9.17, 15) is 5.11 Å². The van der Waals surface area contributed by atoms with Gasteiger partial charge in [0, 0.05) is 24.8 Å². The van der Waals surface area contributed by atoms with Crippen LogP contribution in [0, 0.1) is 0 Å². The van der Waals surface area contributed by atoms with Gasteiger partial charge >= 0.3 is 0 Å². The van der Waals surface area contributed by atoms with Crippen LogP contribution in [-0.4, -0.2) is 36.0 Å². The van der Waals surface area contributed by atoms with Crippen molar-refractivity contribution in [1.29, 1.82) is 0 Å². The summed E-state index contributed by atoms with van der Waals surface area (Å²) in [5.74, 6) is 0. The second-order valence-electron chi connectivity index (χ2n) is 4.24. The predicted molar refractivity (Wildman–Crippen MR) is 63.3 cm³/mol. The van der Waals surface area contributed by atoms with Crippen molar-refractivity contribution >= 4 is 5.69 Å². The van der Waals surface area contributed by atoms with Gasteiger partial charge in [-0.3, -0.25) is 0 Å². The molecule has 2 atom stereocenters. The topological polar surface area (TPSA) is 69.7 Å². The number of hydrogen-bond acceptors (Lipinski definition) is 4. The summed E-state index contributed by atoms with van der Waals surface area (Å²) >= 11 is 0. The molecule has 2 unspecified atom stereocenters. The molecule has 0 saturated carbocycles. The van der Waals surface area contributed by atoms with Crippen LogP contribution in [0.1, 0.15) is 18.0 Å². The van der Waals surface area contributed by atoms with E-state index < -0.39 is 6.10 Å². The molecule has 0 radical (unpaired) electrons. The van der Waals surface area contributed by atoms with Gasteiger partial charge in [-0.1, -0.05) is 18.2 Å². The Morgan fingerprint density at radius 2 is 2.19 bits per heavy atom. The highest BCUT2D eigenvalue weighted by Gasteiger charge is 2.23. The van der Waals surface area contributed by atoms with Crippen LogP contribution >= 0.6 is 0 Å². The van der Waals surface area contributed by atoms with Crippen LogP contribution in [-0.2, 0) is 0 Å². The molecule has 88 valence electrons. The van der Waals surface area contributed by atoms with Crippen molar-refractivity contribution in [3.8, 4) is 0 Å². The number of fused-ring (bicyclic) bond motifs is 1. The van der Waals surface area contributed by atoms with E-state index in [0.29, 0.717) is 6.54 Å². The lowest BCUT2D eigenvalue weighted by Crippen LogP contribution is -2.39. The fourth-order valence-corrected chi connectivity index (χ4v) is 2.16. The summed E-state index contributed by atoms with van der Waals surface area (Å²) in [7, 11) is 0. The highest BCUT2D eigenvalue weighted by Crippen LogP contribution is 2.31. The van der Waals surface area contributed by atoms with E-state index >= 15 is 0 Å². The standard InChI is InChI=1S/C12H18N2O2/c13-11-5-6-14(7-9(16)8-15)12-4-2-1-3-10(11)12/h1-4,9,11,15-16H,5-8,13H2. The van der Waals surface area contributed by atoms with Crippen LogP contribution in [0.15, 0.2) is 24.3 Å².